The lowest BCUT2D eigenvalue weighted by Gasteiger charge is -2.28. The van der Waals surface area contributed by atoms with Gasteiger partial charge in [0.1, 0.15) is 54.5 Å². The number of carbonyl (C=O) groups is 2. The fraction of sp³-hybridized carbons (Fsp3) is 0.433. The summed E-state index contributed by atoms with van der Waals surface area (Å²) in [5.41, 5.74) is 17.9. The predicted octanol–water partition coefficient (Wildman–Crippen LogP) is -2.05. The van der Waals surface area contributed by atoms with Crippen LogP contribution in [0.15, 0.2) is 67.0 Å². The van der Waals surface area contributed by atoms with Crippen LogP contribution in [0, 0.1) is 0 Å². The van der Waals surface area contributed by atoms with Crippen LogP contribution in [0.25, 0.3) is 11.2 Å². The number of allylic oxidation sites excluding steroid dienone is 1. The Morgan fingerprint density at radius 1 is 0.911 bits per heavy atom. The number of aliphatic carboxylic acids is 1. The van der Waals surface area contributed by atoms with Gasteiger partial charge in [-0.05, 0) is 18.4 Å². The quantitative estimate of drug-likeness (QED) is 0.0782. The number of fused-ring (bicyclic) bond motifs is 1. The summed E-state index contributed by atoms with van der Waals surface area (Å²) in [7, 11) is -10.7. The number of hydrogen-bond acceptors (Lipinski definition) is 19. The molecule has 3 aromatic rings. The molecule has 24 nitrogen and oxygen atoms in total. The monoisotopic (exact) mass is 830 g/mol. The Bertz CT molecular complexity index is 2020. The lowest BCUT2D eigenvalue weighted by molar-refractivity contribution is -0.138. The molecule has 2 unspecified atom stereocenters. The van der Waals surface area contributed by atoms with Gasteiger partial charge in [0.15, 0.2) is 23.9 Å². The van der Waals surface area contributed by atoms with Crippen molar-refractivity contribution in [3.63, 3.8) is 0 Å². The Balaban J connectivity index is 0.000000427. The van der Waals surface area contributed by atoms with Gasteiger partial charge in [0.05, 0.1) is 19.5 Å². The Labute approximate surface area is 316 Å². The molecule has 0 aliphatic carbocycles. The Morgan fingerprint density at radius 2 is 1.50 bits per heavy atom. The van der Waals surface area contributed by atoms with Gasteiger partial charge in [-0.3, -0.25) is 23.2 Å². The SMILES string of the molecule is NC(=O)C1=CN([C@@H]2O[C@H](COP(=O)(O)OP(=O)(O)OC[C@H]3O[C@@H](n4cnc5c(N)ncnc54)[C@H](O)[C@@H]3O)[C@@H](O)[C@H]2O)C=CC1.N[C@@H](Cc1ccccc1)C(=O)O. The summed E-state index contributed by atoms with van der Waals surface area (Å²) in [6.45, 7) is -1.79. The summed E-state index contributed by atoms with van der Waals surface area (Å²) in [4.78, 5) is 55.0. The number of nitrogens with zero attached hydrogens (tertiary/aromatic N) is 5. The summed E-state index contributed by atoms with van der Waals surface area (Å²) >= 11 is 0. The highest BCUT2D eigenvalue weighted by molar-refractivity contribution is 7.61. The minimum absolute atomic E-state index is 0.0517. The van der Waals surface area contributed by atoms with E-state index in [0.29, 0.717) is 6.42 Å². The van der Waals surface area contributed by atoms with Crippen molar-refractivity contribution >= 4 is 44.5 Å². The number of nitrogen functional groups attached to an aromatic ring is 1. The number of carboxylic acid groups (broad SMARTS) is 1. The molecule has 11 atom stereocenters. The normalized spacial score (nSPS) is 28.8. The molecule has 3 aliphatic rings. The number of hydrogen-bond donors (Lipinski definition) is 10. The number of phosphoric acid groups is 2. The molecule has 5 heterocycles. The Kier molecular flexibility index (Phi) is 13.7. The fourth-order valence-corrected chi connectivity index (χ4v) is 7.72. The molecular weight excluding hydrogens is 790 g/mol. The van der Waals surface area contributed by atoms with Gasteiger partial charge in [-0.25, -0.2) is 24.1 Å². The highest BCUT2D eigenvalue weighted by Crippen LogP contribution is 2.60. The van der Waals surface area contributed by atoms with E-state index in [-0.39, 0.29) is 29.0 Å². The average molecular weight is 831 g/mol. The average Bonchev–Trinajstić information content (AvgIpc) is 3.80. The van der Waals surface area contributed by atoms with Crippen molar-refractivity contribution in [2.45, 2.75) is 68.0 Å². The zero-order chi connectivity index (χ0) is 40.9. The molecule has 2 saturated heterocycles. The van der Waals surface area contributed by atoms with Gasteiger partial charge < -0.3 is 66.9 Å². The molecule has 13 N–H and O–H groups in total. The van der Waals surface area contributed by atoms with Crippen LogP contribution in [0.4, 0.5) is 5.82 Å². The number of aliphatic hydroxyl groups excluding tert-OH is 4. The van der Waals surface area contributed by atoms with Crippen molar-refractivity contribution in [1.29, 1.82) is 0 Å². The third-order valence-corrected chi connectivity index (χ3v) is 11.1. The number of imidazole rings is 1. The number of benzene rings is 1. The van der Waals surface area contributed by atoms with Gasteiger partial charge in [0, 0.05) is 18.0 Å². The maximum atomic E-state index is 12.4. The predicted molar refractivity (Wildman–Crippen MR) is 188 cm³/mol. The highest BCUT2D eigenvalue weighted by atomic mass is 31.3. The number of ether oxygens (including phenoxy) is 2. The first-order valence-corrected chi connectivity index (χ1v) is 19.5. The van der Waals surface area contributed by atoms with Gasteiger partial charge >= 0.3 is 21.6 Å². The van der Waals surface area contributed by atoms with Crippen LogP contribution < -0.4 is 17.2 Å². The Hall–Kier alpha value is -4.23. The number of aromatic nitrogens is 4. The molecule has 2 fully saturated rings. The van der Waals surface area contributed by atoms with E-state index in [4.69, 9.17) is 40.8 Å². The summed E-state index contributed by atoms with van der Waals surface area (Å²) in [6, 6.07) is 8.54. The number of phosphoric ester groups is 2. The van der Waals surface area contributed by atoms with Gasteiger partial charge in [-0.15, -0.1) is 0 Å². The van der Waals surface area contributed by atoms with Crippen molar-refractivity contribution in [3.05, 3.63) is 72.6 Å². The maximum Gasteiger partial charge on any atom is 0.481 e. The topological polar surface area (TPSA) is 381 Å². The number of nitrogens with two attached hydrogens (primary N) is 3. The second kappa shape index (κ2) is 17.9. The van der Waals surface area contributed by atoms with E-state index >= 15 is 0 Å². The van der Waals surface area contributed by atoms with Gasteiger partial charge in [0.25, 0.3) is 0 Å². The first kappa shape index (κ1) is 42.9. The van der Waals surface area contributed by atoms with Crippen LogP contribution >= 0.6 is 15.6 Å². The van der Waals surface area contributed by atoms with Crippen molar-refractivity contribution in [2.24, 2.45) is 11.5 Å². The number of rotatable bonds is 14. The summed E-state index contributed by atoms with van der Waals surface area (Å²) in [6.07, 6.45) is -4.49. The van der Waals surface area contributed by atoms with Crippen LogP contribution in [-0.2, 0) is 48.0 Å². The standard InChI is InChI=1S/C21H29N7O14P2.C9H11NO2/c22-17-12-19(25-7-24-17)28(8-26-12)21-16(32)14(30)11(41-21)6-39-44(36,37)42-43(34,35)38-5-10-13(29)15(31)20(40-10)27-3-1-2-9(4-27)18(23)33;10-8(9(11)12)6-7-4-2-1-3-5-7/h1,3-4,7-8,10-11,13-16,20-21,29-32H,2,5-6H2,(H2,23,33)(H,34,35)(H,36,37)(H2,22,24,25);1-5,8H,6,10H2,(H,11,12)/t10-,11-,13-,14-,15-,16-,20-,21-;8-/m10/s1. The maximum absolute atomic E-state index is 12.4. The zero-order valence-electron chi connectivity index (χ0n) is 29.0. The van der Waals surface area contributed by atoms with Gasteiger partial charge in [-0.1, -0.05) is 36.4 Å². The lowest BCUT2D eigenvalue weighted by Crippen LogP contribution is -2.40. The molecule has 0 spiro atoms. The molecule has 306 valence electrons. The molecule has 0 radical (unpaired) electrons. The number of anilines is 1. The molecular formula is C30H40N8O16P2. The number of carboxylic acids is 1. The Morgan fingerprint density at radius 3 is 2.09 bits per heavy atom. The van der Waals surface area contributed by atoms with Gasteiger partial charge in [0.2, 0.25) is 5.91 Å². The molecule has 2 aromatic heterocycles. The van der Waals surface area contributed by atoms with Crippen LogP contribution in [-0.4, -0.2) is 134 Å². The van der Waals surface area contributed by atoms with E-state index in [0.717, 1.165) is 11.9 Å². The number of carbonyl (C=O) groups excluding carboxylic acids is 1. The highest BCUT2D eigenvalue weighted by Gasteiger charge is 2.48. The largest absolute Gasteiger partial charge is 0.481 e. The summed E-state index contributed by atoms with van der Waals surface area (Å²) < 4.78 is 50.8. The number of primary amides is 1. The molecule has 0 saturated carbocycles. The summed E-state index contributed by atoms with van der Waals surface area (Å²) in [5, 5.41) is 50.2. The van der Waals surface area contributed by atoms with Crippen molar-refractivity contribution < 1.29 is 76.9 Å². The van der Waals surface area contributed by atoms with E-state index in [1.54, 1.807) is 6.08 Å². The second-order valence-electron chi connectivity index (χ2n) is 12.5. The van der Waals surface area contributed by atoms with Crippen LogP contribution in [0.5, 0.6) is 0 Å². The van der Waals surface area contributed by atoms with E-state index in [9.17, 15) is 48.9 Å². The molecule has 3 aliphatic heterocycles. The minimum Gasteiger partial charge on any atom is -0.480 e. The van der Waals surface area contributed by atoms with Crippen molar-refractivity contribution in [2.75, 3.05) is 18.9 Å². The van der Waals surface area contributed by atoms with Crippen LogP contribution in [0.3, 0.4) is 0 Å². The molecule has 26 heteroatoms. The number of aliphatic hydroxyl groups is 4. The van der Waals surface area contributed by atoms with Crippen LogP contribution in [0.1, 0.15) is 18.2 Å². The third-order valence-electron chi connectivity index (χ3n) is 8.49. The van der Waals surface area contributed by atoms with Crippen LogP contribution in [0.2, 0.25) is 0 Å². The summed E-state index contributed by atoms with van der Waals surface area (Å²) in [5.74, 6) is -1.62. The van der Waals surface area contributed by atoms with E-state index in [2.05, 4.69) is 19.3 Å². The first-order chi connectivity index (χ1) is 26.4. The first-order valence-electron chi connectivity index (χ1n) is 16.5. The molecule has 1 amide bonds. The number of amides is 1. The zero-order valence-corrected chi connectivity index (χ0v) is 30.8. The van der Waals surface area contributed by atoms with Gasteiger partial charge in [-0.2, -0.15) is 4.31 Å². The van der Waals surface area contributed by atoms with E-state index in [1.807, 2.05) is 30.3 Å². The third kappa shape index (κ3) is 10.4. The van der Waals surface area contributed by atoms with E-state index < -0.39 is 95.9 Å². The van der Waals surface area contributed by atoms with E-state index in [1.165, 1.54) is 28.2 Å². The fourth-order valence-electron chi connectivity index (χ4n) is 5.63. The van der Waals surface area contributed by atoms with Crippen molar-refractivity contribution in [1.82, 2.24) is 24.4 Å². The van der Waals surface area contributed by atoms with Crippen molar-refractivity contribution in [3.8, 4) is 0 Å². The second-order valence-corrected chi connectivity index (χ2v) is 15.5. The molecule has 6 rings (SSSR count). The molecule has 56 heavy (non-hydrogen) atoms. The molecule has 0 bridgehead atoms. The smallest absolute Gasteiger partial charge is 0.480 e. The lowest BCUT2D eigenvalue weighted by atomic mass is 10.1. The molecule has 1 aromatic carbocycles. The minimum atomic E-state index is -5.37.